The summed E-state index contributed by atoms with van der Waals surface area (Å²) >= 11 is 0. The van der Waals surface area contributed by atoms with Crippen molar-refractivity contribution in [3.8, 4) is 0 Å². The fourth-order valence-corrected chi connectivity index (χ4v) is 2.32. The quantitative estimate of drug-likeness (QED) is 0.869. The molecule has 5 nitrogen and oxygen atoms in total. The standard InChI is InChI=1S/C15H20FN3O2/c1-14(2)13(18)19-15(3,6-7-21-14)10-8-9(12(17)20)4-5-11(10)16/h4-5,8H,6-7H2,1-3H3,(H2,17,20)(H2,18,19). The van der Waals surface area contributed by atoms with Gasteiger partial charge in [0, 0.05) is 17.5 Å². The summed E-state index contributed by atoms with van der Waals surface area (Å²) in [5.74, 6) is -0.757. The Morgan fingerprint density at radius 3 is 2.67 bits per heavy atom. The molecule has 2 rings (SSSR count). The van der Waals surface area contributed by atoms with Crippen LogP contribution >= 0.6 is 0 Å². The van der Waals surface area contributed by atoms with E-state index in [0.29, 0.717) is 24.4 Å². The van der Waals surface area contributed by atoms with E-state index in [4.69, 9.17) is 16.2 Å². The summed E-state index contributed by atoms with van der Waals surface area (Å²) in [6.45, 7) is 5.78. The van der Waals surface area contributed by atoms with Gasteiger partial charge in [0.05, 0.1) is 12.1 Å². The zero-order valence-corrected chi connectivity index (χ0v) is 12.4. The maximum atomic E-state index is 14.2. The molecule has 1 atom stereocenters. The van der Waals surface area contributed by atoms with Crippen LogP contribution in [0.5, 0.6) is 0 Å². The lowest BCUT2D eigenvalue weighted by Crippen LogP contribution is -2.40. The third-order valence-electron chi connectivity index (χ3n) is 3.87. The first-order valence-corrected chi connectivity index (χ1v) is 6.75. The highest BCUT2D eigenvalue weighted by Gasteiger charge is 2.36. The minimum absolute atomic E-state index is 0.242. The van der Waals surface area contributed by atoms with Crippen LogP contribution in [0.25, 0.3) is 0 Å². The number of primary amides is 1. The maximum absolute atomic E-state index is 14.2. The summed E-state index contributed by atoms with van der Waals surface area (Å²) in [4.78, 5) is 15.8. The molecule has 114 valence electrons. The number of benzene rings is 1. The Labute approximate surface area is 123 Å². The van der Waals surface area contributed by atoms with Crippen LogP contribution in [0.2, 0.25) is 0 Å². The van der Waals surface area contributed by atoms with Crippen LogP contribution in [0, 0.1) is 5.82 Å². The number of nitrogens with zero attached hydrogens (tertiary/aromatic N) is 1. The van der Waals surface area contributed by atoms with Gasteiger partial charge in [0.1, 0.15) is 17.3 Å². The molecule has 1 aliphatic heterocycles. The second-order valence-corrected chi connectivity index (χ2v) is 5.94. The van der Waals surface area contributed by atoms with Crippen molar-refractivity contribution in [3.63, 3.8) is 0 Å². The van der Waals surface area contributed by atoms with Gasteiger partial charge in [-0.05, 0) is 39.0 Å². The van der Waals surface area contributed by atoms with Crippen molar-refractivity contribution in [1.29, 1.82) is 0 Å². The van der Waals surface area contributed by atoms with Gasteiger partial charge in [-0.2, -0.15) is 0 Å². The minimum Gasteiger partial charge on any atom is -0.385 e. The van der Waals surface area contributed by atoms with Gasteiger partial charge >= 0.3 is 0 Å². The molecule has 1 amide bonds. The molecule has 0 fully saturated rings. The average Bonchev–Trinajstić information content (AvgIpc) is 2.47. The summed E-state index contributed by atoms with van der Waals surface area (Å²) in [5.41, 5.74) is 10.2. The van der Waals surface area contributed by atoms with E-state index in [9.17, 15) is 9.18 Å². The van der Waals surface area contributed by atoms with E-state index in [1.54, 1.807) is 6.92 Å². The van der Waals surface area contributed by atoms with Crippen molar-refractivity contribution in [3.05, 3.63) is 35.1 Å². The normalized spacial score (nSPS) is 25.0. The van der Waals surface area contributed by atoms with E-state index >= 15 is 0 Å². The van der Waals surface area contributed by atoms with E-state index in [-0.39, 0.29) is 5.56 Å². The summed E-state index contributed by atoms with van der Waals surface area (Å²) in [6.07, 6.45) is 0.455. The molecule has 0 spiro atoms. The lowest BCUT2D eigenvalue weighted by atomic mass is 9.88. The Morgan fingerprint density at radius 2 is 2.05 bits per heavy atom. The van der Waals surface area contributed by atoms with Gasteiger partial charge in [-0.3, -0.25) is 9.79 Å². The highest BCUT2D eigenvalue weighted by atomic mass is 19.1. The Morgan fingerprint density at radius 1 is 1.38 bits per heavy atom. The van der Waals surface area contributed by atoms with Gasteiger partial charge in [0.25, 0.3) is 0 Å². The third-order valence-corrected chi connectivity index (χ3v) is 3.87. The number of nitrogens with two attached hydrogens (primary N) is 2. The van der Waals surface area contributed by atoms with Gasteiger partial charge in [-0.1, -0.05) is 0 Å². The number of carbonyl (C=O) groups excluding carboxylic acids is 1. The number of aliphatic imine (C=N–C) groups is 1. The van der Waals surface area contributed by atoms with Crippen LogP contribution in [-0.2, 0) is 10.3 Å². The average molecular weight is 293 g/mol. The van der Waals surface area contributed by atoms with Crippen molar-refractivity contribution in [2.45, 2.75) is 38.3 Å². The van der Waals surface area contributed by atoms with Crippen molar-refractivity contribution in [1.82, 2.24) is 0 Å². The van der Waals surface area contributed by atoms with E-state index in [0.717, 1.165) is 0 Å². The van der Waals surface area contributed by atoms with Gasteiger partial charge in [0.15, 0.2) is 0 Å². The maximum Gasteiger partial charge on any atom is 0.248 e. The van der Waals surface area contributed by atoms with E-state index < -0.39 is 22.9 Å². The minimum atomic E-state index is -0.895. The molecule has 1 aromatic carbocycles. The molecule has 21 heavy (non-hydrogen) atoms. The van der Waals surface area contributed by atoms with Crippen LogP contribution in [-0.4, -0.2) is 24.0 Å². The van der Waals surface area contributed by atoms with Crippen LogP contribution < -0.4 is 11.5 Å². The molecule has 0 bridgehead atoms. The van der Waals surface area contributed by atoms with Gasteiger partial charge in [-0.25, -0.2) is 4.39 Å². The molecular weight excluding hydrogens is 273 g/mol. The number of hydrogen-bond donors (Lipinski definition) is 2. The van der Waals surface area contributed by atoms with Crippen LogP contribution in [0.1, 0.15) is 43.1 Å². The molecule has 0 aliphatic carbocycles. The Hall–Kier alpha value is -1.95. The number of hydrogen-bond acceptors (Lipinski definition) is 4. The number of halogens is 1. The van der Waals surface area contributed by atoms with Gasteiger partial charge in [0.2, 0.25) is 5.91 Å². The zero-order chi connectivity index (χ0) is 15.8. The van der Waals surface area contributed by atoms with E-state index in [1.807, 2.05) is 13.8 Å². The predicted molar refractivity (Wildman–Crippen MR) is 78.5 cm³/mol. The number of ether oxygens (including phenoxy) is 1. The highest BCUT2D eigenvalue weighted by Crippen LogP contribution is 2.35. The second kappa shape index (κ2) is 5.11. The molecule has 1 heterocycles. The van der Waals surface area contributed by atoms with Crippen LogP contribution in [0.3, 0.4) is 0 Å². The summed E-state index contributed by atoms with van der Waals surface area (Å²) in [6, 6.07) is 4.02. The summed E-state index contributed by atoms with van der Waals surface area (Å²) in [7, 11) is 0. The highest BCUT2D eigenvalue weighted by molar-refractivity contribution is 5.93. The zero-order valence-electron chi connectivity index (χ0n) is 12.4. The lowest BCUT2D eigenvalue weighted by molar-refractivity contribution is 0.0319. The SMILES string of the molecule is CC1(C)OCCC(C)(c2cc(C(N)=O)ccc2F)N=C1N. The fourth-order valence-electron chi connectivity index (χ4n) is 2.32. The smallest absolute Gasteiger partial charge is 0.248 e. The molecule has 6 heteroatoms. The Kier molecular flexibility index (Phi) is 3.76. The van der Waals surface area contributed by atoms with E-state index in [2.05, 4.69) is 4.99 Å². The first-order valence-electron chi connectivity index (χ1n) is 6.75. The first-order chi connectivity index (χ1) is 9.66. The van der Waals surface area contributed by atoms with Crippen molar-refractivity contribution in [2.24, 2.45) is 16.5 Å². The number of rotatable bonds is 2. The molecule has 0 saturated heterocycles. The Balaban J connectivity index is 2.56. The van der Waals surface area contributed by atoms with Crippen LogP contribution in [0.4, 0.5) is 4.39 Å². The molecule has 1 aliphatic rings. The molecule has 1 aromatic rings. The topological polar surface area (TPSA) is 90.7 Å². The molecule has 0 radical (unpaired) electrons. The van der Waals surface area contributed by atoms with Crippen molar-refractivity contribution >= 4 is 11.7 Å². The monoisotopic (exact) mass is 293 g/mol. The molecule has 1 unspecified atom stereocenters. The largest absolute Gasteiger partial charge is 0.385 e. The fraction of sp³-hybridized carbons (Fsp3) is 0.467. The third kappa shape index (κ3) is 2.90. The van der Waals surface area contributed by atoms with Gasteiger partial charge in [-0.15, -0.1) is 0 Å². The molecular formula is C15H20FN3O2. The molecule has 0 saturated carbocycles. The second-order valence-electron chi connectivity index (χ2n) is 5.94. The predicted octanol–water partition coefficient (Wildman–Crippen LogP) is 1.70. The number of carbonyl (C=O) groups is 1. The first kappa shape index (κ1) is 15.4. The van der Waals surface area contributed by atoms with E-state index in [1.165, 1.54) is 18.2 Å². The van der Waals surface area contributed by atoms with Crippen molar-refractivity contribution in [2.75, 3.05) is 6.61 Å². The summed E-state index contributed by atoms with van der Waals surface area (Å²) < 4.78 is 19.9. The number of amides is 1. The van der Waals surface area contributed by atoms with Gasteiger partial charge < -0.3 is 16.2 Å². The summed E-state index contributed by atoms with van der Waals surface area (Å²) in [5, 5.41) is 0. The molecule has 0 aromatic heterocycles. The van der Waals surface area contributed by atoms with Crippen LogP contribution in [0.15, 0.2) is 23.2 Å². The number of amidine groups is 1. The van der Waals surface area contributed by atoms with Crippen molar-refractivity contribution < 1.29 is 13.9 Å². The molecule has 4 N–H and O–H groups in total. The Bertz CT molecular complexity index is 613. The lowest BCUT2D eigenvalue weighted by Gasteiger charge is -2.25.